The minimum Gasteiger partial charge on any atom is -0.496 e. The number of hydrogen-bond donors (Lipinski definition) is 1. The van der Waals surface area contributed by atoms with Crippen LogP contribution >= 0.6 is 0 Å². The van der Waals surface area contributed by atoms with Gasteiger partial charge in [0.2, 0.25) is 5.91 Å². The lowest BCUT2D eigenvalue weighted by atomic mass is 10.0. The summed E-state index contributed by atoms with van der Waals surface area (Å²) in [6.45, 7) is 2.97. The van der Waals surface area contributed by atoms with Gasteiger partial charge in [-0.1, -0.05) is 18.2 Å². The fourth-order valence-corrected chi connectivity index (χ4v) is 2.55. The van der Waals surface area contributed by atoms with E-state index in [1.165, 1.54) is 0 Å². The number of benzene rings is 1. The summed E-state index contributed by atoms with van der Waals surface area (Å²) >= 11 is 0. The van der Waals surface area contributed by atoms with Gasteiger partial charge in [0.1, 0.15) is 5.75 Å². The third-order valence-electron chi connectivity index (χ3n) is 3.88. The highest BCUT2D eigenvalue weighted by molar-refractivity contribution is 5.82. The van der Waals surface area contributed by atoms with Gasteiger partial charge >= 0.3 is 0 Å². The molecule has 0 saturated carbocycles. The van der Waals surface area contributed by atoms with Gasteiger partial charge in [-0.15, -0.1) is 0 Å². The number of methoxy groups -OCH3 is 1. The van der Waals surface area contributed by atoms with Crippen LogP contribution in [-0.4, -0.2) is 37.6 Å². The quantitative estimate of drug-likeness (QED) is 0.902. The molecule has 1 fully saturated rings. The van der Waals surface area contributed by atoms with Crippen molar-refractivity contribution in [3.63, 3.8) is 0 Å². The van der Waals surface area contributed by atoms with Crippen molar-refractivity contribution in [3.05, 3.63) is 29.8 Å². The van der Waals surface area contributed by atoms with Gasteiger partial charge in [0.25, 0.3) is 0 Å². The number of para-hydroxylation sites is 1. The van der Waals surface area contributed by atoms with E-state index >= 15 is 0 Å². The number of carbonyl (C=O) groups excluding carboxylic acids is 1. The van der Waals surface area contributed by atoms with E-state index < -0.39 is 0 Å². The van der Waals surface area contributed by atoms with Crippen LogP contribution in [0.4, 0.5) is 0 Å². The first kappa shape index (κ1) is 13.9. The van der Waals surface area contributed by atoms with Crippen molar-refractivity contribution in [2.45, 2.75) is 31.8 Å². The van der Waals surface area contributed by atoms with Crippen LogP contribution < -0.4 is 10.1 Å². The van der Waals surface area contributed by atoms with E-state index in [1.54, 1.807) is 12.0 Å². The molecule has 2 rings (SSSR count). The first-order valence-electron chi connectivity index (χ1n) is 6.78. The lowest BCUT2D eigenvalue weighted by molar-refractivity contribution is -0.133. The Kier molecular flexibility index (Phi) is 4.43. The van der Waals surface area contributed by atoms with Crippen molar-refractivity contribution in [3.8, 4) is 5.75 Å². The molecule has 1 heterocycles. The molecule has 4 nitrogen and oxygen atoms in total. The molecule has 1 aromatic rings. The van der Waals surface area contributed by atoms with E-state index in [9.17, 15) is 4.79 Å². The predicted octanol–water partition coefficient (Wildman–Crippen LogP) is 1.97. The summed E-state index contributed by atoms with van der Waals surface area (Å²) in [5.41, 5.74) is 1.04. The van der Waals surface area contributed by atoms with Crippen molar-refractivity contribution in [1.29, 1.82) is 0 Å². The number of amides is 1. The molecule has 1 aromatic carbocycles. The Hall–Kier alpha value is -1.55. The molecule has 1 N–H and O–H groups in total. The molecule has 4 heteroatoms. The summed E-state index contributed by atoms with van der Waals surface area (Å²) in [4.78, 5) is 14.2. The van der Waals surface area contributed by atoms with E-state index in [1.807, 2.05) is 38.2 Å². The highest BCUT2D eigenvalue weighted by Gasteiger charge is 2.28. The molecular formula is C15H22N2O2. The van der Waals surface area contributed by atoms with Gasteiger partial charge in [0.05, 0.1) is 19.2 Å². The number of hydrogen-bond acceptors (Lipinski definition) is 3. The molecule has 0 aliphatic carbocycles. The van der Waals surface area contributed by atoms with Crippen LogP contribution in [0.2, 0.25) is 0 Å². The van der Waals surface area contributed by atoms with Crippen molar-refractivity contribution < 1.29 is 9.53 Å². The Morgan fingerprint density at radius 2 is 2.21 bits per heavy atom. The fourth-order valence-electron chi connectivity index (χ4n) is 2.55. The average Bonchev–Trinajstić information content (AvgIpc) is 2.99. The molecule has 2 unspecified atom stereocenters. The number of carbonyl (C=O) groups is 1. The number of likely N-dealkylation sites (N-methyl/N-ethyl adjacent to an activating group) is 1. The Morgan fingerprint density at radius 1 is 1.47 bits per heavy atom. The maximum Gasteiger partial charge on any atom is 0.239 e. The average molecular weight is 262 g/mol. The summed E-state index contributed by atoms with van der Waals surface area (Å²) in [5, 5.41) is 3.25. The predicted molar refractivity (Wildman–Crippen MR) is 75.2 cm³/mol. The smallest absolute Gasteiger partial charge is 0.239 e. The van der Waals surface area contributed by atoms with Crippen LogP contribution in [0.5, 0.6) is 5.75 Å². The zero-order valence-electron chi connectivity index (χ0n) is 11.8. The molecular weight excluding hydrogens is 240 g/mol. The number of nitrogens with one attached hydrogen (secondary N) is 1. The highest BCUT2D eigenvalue weighted by Crippen LogP contribution is 2.28. The van der Waals surface area contributed by atoms with Gasteiger partial charge in [0, 0.05) is 12.6 Å². The molecule has 104 valence electrons. The lowest BCUT2D eigenvalue weighted by Gasteiger charge is -2.28. The maximum absolute atomic E-state index is 12.4. The monoisotopic (exact) mass is 262 g/mol. The Labute approximate surface area is 114 Å². The largest absolute Gasteiger partial charge is 0.496 e. The molecule has 0 bridgehead atoms. The van der Waals surface area contributed by atoms with Crippen LogP contribution in [0.1, 0.15) is 31.4 Å². The summed E-state index contributed by atoms with van der Waals surface area (Å²) in [6, 6.07) is 7.83. The molecule has 19 heavy (non-hydrogen) atoms. The summed E-state index contributed by atoms with van der Waals surface area (Å²) in [7, 11) is 3.52. The second kappa shape index (κ2) is 6.06. The minimum atomic E-state index is -0.0258. The number of nitrogens with zero attached hydrogens (tertiary/aromatic N) is 1. The Morgan fingerprint density at radius 3 is 2.84 bits per heavy atom. The van der Waals surface area contributed by atoms with Gasteiger partial charge in [-0.2, -0.15) is 0 Å². The summed E-state index contributed by atoms with van der Waals surface area (Å²) in [6.07, 6.45) is 2.01. The van der Waals surface area contributed by atoms with Crippen molar-refractivity contribution in [2.75, 3.05) is 20.7 Å². The summed E-state index contributed by atoms with van der Waals surface area (Å²) in [5.74, 6) is 0.991. The molecule has 2 atom stereocenters. The first-order valence-corrected chi connectivity index (χ1v) is 6.78. The third kappa shape index (κ3) is 2.89. The molecule has 0 spiro atoms. The second-order valence-electron chi connectivity index (χ2n) is 5.02. The van der Waals surface area contributed by atoms with E-state index in [0.29, 0.717) is 0 Å². The van der Waals surface area contributed by atoms with E-state index in [2.05, 4.69) is 5.32 Å². The van der Waals surface area contributed by atoms with Crippen LogP contribution in [0.15, 0.2) is 24.3 Å². The van der Waals surface area contributed by atoms with Crippen molar-refractivity contribution >= 4 is 5.91 Å². The third-order valence-corrected chi connectivity index (χ3v) is 3.88. The zero-order chi connectivity index (χ0) is 13.8. The van der Waals surface area contributed by atoms with Gasteiger partial charge in [-0.25, -0.2) is 0 Å². The molecule has 0 radical (unpaired) electrons. The minimum absolute atomic E-state index is 0.00560. The highest BCUT2D eigenvalue weighted by atomic mass is 16.5. The van der Waals surface area contributed by atoms with Gasteiger partial charge in [0.15, 0.2) is 0 Å². The second-order valence-corrected chi connectivity index (χ2v) is 5.02. The molecule has 1 amide bonds. The van der Waals surface area contributed by atoms with E-state index in [4.69, 9.17) is 4.74 Å². The SMILES string of the molecule is COc1ccccc1C(C)N(C)C(=O)C1CCCN1. The fraction of sp³-hybridized carbons (Fsp3) is 0.533. The molecule has 1 aliphatic rings. The van der Waals surface area contributed by atoms with E-state index in [0.717, 1.165) is 30.7 Å². The topological polar surface area (TPSA) is 41.6 Å². The zero-order valence-corrected chi connectivity index (χ0v) is 11.8. The molecule has 1 saturated heterocycles. The first-order chi connectivity index (χ1) is 9.15. The van der Waals surface area contributed by atoms with E-state index in [-0.39, 0.29) is 18.0 Å². The van der Waals surface area contributed by atoms with Gasteiger partial charge in [-0.05, 0) is 32.4 Å². The normalized spacial score (nSPS) is 20.1. The van der Waals surface area contributed by atoms with Crippen LogP contribution in [0, 0.1) is 0 Å². The molecule has 1 aliphatic heterocycles. The maximum atomic E-state index is 12.4. The number of ether oxygens (including phenoxy) is 1. The van der Waals surface area contributed by atoms with Crippen molar-refractivity contribution in [1.82, 2.24) is 10.2 Å². The van der Waals surface area contributed by atoms with Crippen LogP contribution in [-0.2, 0) is 4.79 Å². The Balaban J connectivity index is 2.13. The van der Waals surface area contributed by atoms with Crippen molar-refractivity contribution in [2.24, 2.45) is 0 Å². The lowest BCUT2D eigenvalue weighted by Crippen LogP contribution is -2.42. The summed E-state index contributed by atoms with van der Waals surface area (Å²) < 4.78 is 5.37. The standard InChI is InChI=1S/C15H22N2O2/c1-11(12-7-4-5-9-14(12)19-3)17(2)15(18)13-8-6-10-16-13/h4-5,7,9,11,13,16H,6,8,10H2,1-3H3. The number of rotatable bonds is 4. The Bertz CT molecular complexity index is 442. The van der Waals surface area contributed by atoms with Gasteiger partial charge < -0.3 is 15.0 Å². The van der Waals surface area contributed by atoms with Gasteiger partial charge in [-0.3, -0.25) is 4.79 Å². The van der Waals surface area contributed by atoms with Crippen LogP contribution in [0.3, 0.4) is 0 Å². The molecule has 0 aromatic heterocycles. The van der Waals surface area contributed by atoms with Crippen LogP contribution in [0.25, 0.3) is 0 Å².